The van der Waals surface area contributed by atoms with Crippen molar-refractivity contribution in [2.24, 2.45) is 0 Å². The number of nitrogens with one attached hydrogen (secondary N) is 1. The maximum atomic E-state index is 12.2. The lowest BCUT2D eigenvalue weighted by Gasteiger charge is -2.19. The second-order valence-corrected chi connectivity index (χ2v) is 4.93. The van der Waals surface area contributed by atoms with Crippen molar-refractivity contribution in [1.29, 1.82) is 0 Å². The van der Waals surface area contributed by atoms with Crippen molar-refractivity contribution < 1.29 is 9.90 Å². The minimum Gasteiger partial charge on any atom is -0.396 e. The summed E-state index contributed by atoms with van der Waals surface area (Å²) in [5.74, 6) is -0.0326. The monoisotopic (exact) mass is 284 g/mol. The summed E-state index contributed by atoms with van der Waals surface area (Å²) in [6, 6.07) is 13.5. The van der Waals surface area contributed by atoms with Gasteiger partial charge < -0.3 is 10.4 Å². The highest BCUT2D eigenvalue weighted by molar-refractivity contribution is 5.78. The number of carbonyl (C=O) groups is 1. The van der Waals surface area contributed by atoms with E-state index in [1.807, 2.05) is 42.5 Å². The van der Waals surface area contributed by atoms with Crippen LogP contribution in [-0.4, -0.2) is 22.6 Å². The van der Waals surface area contributed by atoms with Gasteiger partial charge in [-0.15, -0.1) is 0 Å². The Bertz CT molecular complexity index is 543. The van der Waals surface area contributed by atoms with E-state index in [-0.39, 0.29) is 18.6 Å². The number of pyridine rings is 1. The van der Waals surface area contributed by atoms with Crippen LogP contribution in [0.4, 0.5) is 0 Å². The minimum absolute atomic E-state index is 0.0326. The van der Waals surface area contributed by atoms with Gasteiger partial charge >= 0.3 is 0 Å². The molecular formula is C17H20N2O2. The normalized spacial score (nSPS) is 11.9. The third-order valence-electron chi connectivity index (χ3n) is 3.28. The molecule has 0 aliphatic carbocycles. The van der Waals surface area contributed by atoms with E-state index in [2.05, 4.69) is 10.3 Å². The molecule has 1 atom stereocenters. The number of amides is 1. The van der Waals surface area contributed by atoms with E-state index in [9.17, 15) is 4.79 Å². The molecule has 21 heavy (non-hydrogen) atoms. The van der Waals surface area contributed by atoms with Crippen molar-refractivity contribution in [3.63, 3.8) is 0 Å². The summed E-state index contributed by atoms with van der Waals surface area (Å²) in [7, 11) is 0. The van der Waals surface area contributed by atoms with E-state index in [4.69, 9.17) is 5.11 Å². The highest BCUT2D eigenvalue weighted by Crippen LogP contribution is 2.18. The number of aliphatic hydroxyl groups excluding tert-OH is 1. The topological polar surface area (TPSA) is 62.2 Å². The number of rotatable bonds is 7. The van der Waals surface area contributed by atoms with E-state index in [1.54, 1.807) is 12.4 Å². The molecule has 110 valence electrons. The quantitative estimate of drug-likeness (QED) is 0.819. The summed E-state index contributed by atoms with van der Waals surface area (Å²) >= 11 is 0. The summed E-state index contributed by atoms with van der Waals surface area (Å²) in [5, 5.41) is 12.0. The molecule has 0 saturated carbocycles. The van der Waals surface area contributed by atoms with E-state index >= 15 is 0 Å². The van der Waals surface area contributed by atoms with Crippen molar-refractivity contribution >= 4 is 5.91 Å². The molecule has 0 aliphatic heterocycles. The molecule has 0 fully saturated rings. The number of carbonyl (C=O) groups excluding carboxylic acids is 1. The average molecular weight is 284 g/mol. The van der Waals surface area contributed by atoms with Crippen LogP contribution < -0.4 is 5.32 Å². The molecule has 1 aromatic carbocycles. The number of nitrogens with zero attached hydrogens (tertiary/aromatic N) is 1. The van der Waals surface area contributed by atoms with Gasteiger partial charge in [0.25, 0.3) is 0 Å². The molecule has 1 heterocycles. The van der Waals surface area contributed by atoms with Crippen LogP contribution in [0.1, 0.15) is 30.0 Å². The van der Waals surface area contributed by atoms with E-state index in [0.717, 1.165) is 17.5 Å². The van der Waals surface area contributed by atoms with Crippen LogP contribution in [-0.2, 0) is 11.2 Å². The maximum absolute atomic E-state index is 12.2. The number of aromatic nitrogens is 1. The number of aliphatic hydroxyl groups is 1. The summed E-state index contributed by atoms with van der Waals surface area (Å²) in [5.41, 5.74) is 1.95. The first-order chi connectivity index (χ1) is 10.3. The first-order valence-corrected chi connectivity index (χ1v) is 7.13. The molecule has 0 saturated heterocycles. The van der Waals surface area contributed by atoms with Crippen LogP contribution in [0.25, 0.3) is 0 Å². The van der Waals surface area contributed by atoms with Gasteiger partial charge in [-0.05, 0) is 30.0 Å². The first kappa shape index (κ1) is 15.2. The second kappa shape index (κ2) is 8.17. The standard InChI is InChI=1S/C17H20N2O2/c20-11-5-9-16(15-7-2-1-3-8-15)19-17(21)12-14-6-4-10-18-13-14/h1-4,6-8,10,13,16,20H,5,9,11-12H2,(H,19,21). The zero-order valence-corrected chi connectivity index (χ0v) is 11.9. The fourth-order valence-electron chi connectivity index (χ4n) is 2.24. The molecule has 0 spiro atoms. The molecular weight excluding hydrogens is 264 g/mol. The van der Waals surface area contributed by atoms with Gasteiger partial charge in [-0.1, -0.05) is 36.4 Å². The van der Waals surface area contributed by atoms with Gasteiger partial charge in [0.15, 0.2) is 0 Å². The Morgan fingerprint density at radius 3 is 2.67 bits per heavy atom. The van der Waals surface area contributed by atoms with Gasteiger partial charge in [0, 0.05) is 19.0 Å². The summed E-state index contributed by atoms with van der Waals surface area (Å²) in [4.78, 5) is 16.2. The molecule has 4 nitrogen and oxygen atoms in total. The highest BCUT2D eigenvalue weighted by Gasteiger charge is 2.14. The summed E-state index contributed by atoms with van der Waals surface area (Å²) in [6.45, 7) is 0.127. The lowest BCUT2D eigenvalue weighted by Crippen LogP contribution is -2.30. The van der Waals surface area contributed by atoms with Crippen molar-refractivity contribution in [3.05, 3.63) is 66.0 Å². The van der Waals surface area contributed by atoms with Crippen LogP contribution >= 0.6 is 0 Å². The van der Waals surface area contributed by atoms with Gasteiger partial charge in [0.2, 0.25) is 5.91 Å². The molecule has 4 heteroatoms. The molecule has 1 unspecified atom stereocenters. The predicted molar refractivity (Wildman–Crippen MR) is 81.6 cm³/mol. The van der Waals surface area contributed by atoms with Gasteiger partial charge in [0.1, 0.15) is 0 Å². The largest absolute Gasteiger partial charge is 0.396 e. The van der Waals surface area contributed by atoms with Gasteiger partial charge in [-0.25, -0.2) is 0 Å². The maximum Gasteiger partial charge on any atom is 0.224 e. The fraction of sp³-hybridized carbons (Fsp3) is 0.294. The average Bonchev–Trinajstić information content (AvgIpc) is 2.53. The zero-order valence-electron chi connectivity index (χ0n) is 11.9. The molecule has 2 aromatic rings. The van der Waals surface area contributed by atoms with Crippen molar-refractivity contribution in [3.8, 4) is 0 Å². The lowest BCUT2D eigenvalue weighted by molar-refractivity contribution is -0.121. The third kappa shape index (κ3) is 5.00. The van der Waals surface area contributed by atoms with E-state index in [0.29, 0.717) is 12.8 Å². The smallest absolute Gasteiger partial charge is 0.224 e. The van der Waals surface area contributed by atoms with Crippen LogP contribution in [0.5, 0.6) is 0 Å². The first-order valence-electron chi connectivity index (χ1n) is 7.13. The van der Waals surface area contributed by atoms with Crippen LogP contribution in [0.15, 0.2) is 54.9 Å². The Hall–Kier alpha value is -2.20. The predicted octanol–water partition coefficient (Wildman–Crippen LogP) is 2.25. The lowest BCUT2D eigenvalue weighted by atomic mass is 10.0. The van der Waals surface area contributed by atoms with Crippen molar-refractivity contribution in [2.75, 3.05) is 6.61 Å². The van der Waals surface area contributed by atoms with Crippen LogP contribution in [0.3, 0.4) is 0 Å². The molecule has 0 aliphatic rings. The van der Waals surface area contributed by atoms with E-state index < -0.39 is 0 Å². The molecule has 1 amide bonds. The highest BCUT2D eigenvalue weighted by atomic mass is 16.3. The summed E-state index contributed by atoms with van der Waals surface area (Å²) in [6.07, 6.45) is 5.09. The SMILES string of the molecule is O=C(Cc1cccnc1)NC(CCCO)c1ccccc1. The number of benzene rings is 1. The molecule has 2 rings (SSSR count). The minimum atomic E-state index is -0.0671. The molecule has 0 radical (unpaired) electrons. The van der Waals surface area contributed by atoms with Gasteiger partial charge in [0.05, 0.1) is 12.5 Å². The second-order valence-electron chi connectivity index (χ2n) is 4.93. The van der Waals surface area contributed by atoms with Crippen molar-refractivity contribution in [2.45, 2.75) is 25.3 Å². The van der Waals surface area contributed by atoms with Crippen LogP contribution in [0, 0.1) is 0 Å². The number of hydrogen-bond donors (Lipinski definition) is 2. The Morgan fingerprint density at radius 1 is 1.19 bits per heavy atom. The van der Waals surface area contributed by atoms with E-state index in [1.165, 1.54) is 0 Å². The van der Waals surface area contributed by atoms with Gasteiger partial charge in [-0.3, -0.25) is 9.78 Å². The Morgan fingerprint density at radius 2 is 2.00 bits per heavy atom. The Balaban J connectivity index is 1.99. The summed E-state index contributed by atoms with van der Waals surface area (Å²) < 4.78 is 0. The van der Waals surface area contributed by atoms with Crippen molar-refractivity contribution in [1.82, 2.24) is 10.3 Å². The zero-order chi connectivity index (χ0) is 14.9. The Labute approximate surface area is 124 Å². The third-order valence-corrected chi connectivity index (χ3v) is 3.28. The molecule has 0 bridgehead atoms. The number of hydrogen-bond acceptors (Lipinski definition) is 3. The Kier molecular flexibility index (Phi) is 5.91. The molecule has 1 aromatic heterocycles. The fourth-order valence-corrected chi connectivity index (χ4v) is 2.24. The molecule has 2 N–H and O–H groups in total. The van der Waals surface area contributed by atoms with Crippen LogP contribution in [0.2, 0.25) is 0 Å². The van der Waals surface area contributed by atoms with Gasteiger partial charge in [-0.2, -0.15) is 0 Å².